The maximum atomic E-state index is 12.4. The fraction of sp³-hybridized carbons (Fsp3) is 0.350. The first-order chi connectivity index (χ1) is 13.3. The van der Waals surface area contributed by atoms with Gasteiger partial charge in [0.2, 0.25) is 5.76 Å². The van der Waals surface area contributed by atoms with E-state index in [0.29, 0.717) is 17.7 Å². The zero-order chi connectivity index (χ0) is 18.2. The molecule has 2 fully saturated rings. The van der Waals surface area contributed by atoms with Gasteiger partial charge in [-0.1, -0.05) is 35.5 Å². The molecule has 7 heteroatoms. The lowest BCUT2D eigenvalue weighted by Gasteiger charge is -2.35. The van der Waals surface area contributed by atoms with Gasteiger partial charge in [-0.2, -0.15) is 5.10 Å². The minimum atomic E-state index is -0.221. The van der Waals surface area contributed by atoms with E-state index in [0.717, 1.165) is 31.6 Å². The smallest absolute Gasteiger partial charge is 0.290 e. The van der Waals surface area contributed by atoms with Crippen molar-refractivity contribution in [3.63, 3.8) is 0 Å². The van der Waals surface area contributed by atoms with Crippen LogP contribution in [-0.2, 0) is 4.74 Å². The van der Waals surface area contributed by atoms with Gasteiger partial charge < -0.3 is 14.6 Å². The molecule has 0 bridgehead atoms. The van der Waals surface area contributed by atoms with Crippen molar-refractivity contribution in [1.29, 1.82) is 0 Å². The molecular weight excluding hydrogens is 344 g/mol. The molecule has 1 aliphatic carbocycles. The number of amides is 1. The van der Waals surface area contributed by atoms with Crippen LogP contribution in [-0.4, -0.2) is 40.1 Å². The van der Waals surface area contributed by atoms with Crippen molar-refractivity contribution in [3.8, 4) is 11.3 Å². The van der Waals surface area contributed by atoms with Crippen LogP contribution in [0.2, 0.25) is 0 Å². The van der Waals surface area contributed by atoms with Crippen LogP contribution < -0.4 is 5.32 Å². The number of aromatic nitrogens is 3. The maximum absolute atomic E-state index is 12.4. The Bertz CT molecular complexity index is 939. The summed E-state index contributed by atoms with van der Waals surface area (Å²) >= 11 is 0. The summed E-state index contributed by atoms with van der Waals surface area (Å²) in [7, 11) is 0. The molecule has 1 N–H and O–H groups in total. The van der Waals surface area contributed by atoms with Gasteiger partial charge in [-0.3, -0.25) is 9.48 Å². The Morgan fingerprint density at radius 2 is 2.00 bits per heavy atom. The van der Waals surface area contributed by atoms with E-state index in [9.17, 15) is 4.79 Å². The summed E-state index contributed by atoms with van der Waals surface area (Å²) in [6, 6.07) is 11.8. The zero-order valence-corrected chi connectivity index (χ0v) is 14.7. The average molecular weight is 364 g/mol. The lowest BCUT2D eigenvalue weighted by atomic mass is 9.86. The molecule has 2 aliphatic rings. The third-order valence-corrected chi connectivity index (χ3v) is 5.36. The molecule has 0 radical (unpaired) electrons. The SMILES string of the molecule is O=C(N[C@H]1C[C@H](n2cc(C3COC3)cn2)C1)c1cc(-c2ccccc2)no1. The van der Waals surface area contributed by atoms with Gasteiger partial charge in [-0.25, -0.2) is 0 Å². The first kappa shape index (κ1) is 16.3. The highest BCUT2D eigenvalue weighted by molar-refractivity contribution is 5.92. The molecular formula is C20H20N4O3. The first-order valence-corrected chi connectivity index (χ1v) is 9.21. The number of ether oxygens (including phenoxy) is 1. The van der Waals surface area contributed by atoms with Gasteiger partial charge in [0.05, 0.1) is 25.5 Å². The first-order valence-electron chi connectivity index (χ1n) is 9.21. The maximum Gasteiger partial charge on any atom is 0.290 e. The Morgan fingerprint density at radius 3 is 2.74 bits per heavy atom. The highest BCUT2D eigenvalue weighted by atomic mass is 16.5. The number of carbonyl (C=O) groups excluding carboxylic acids is 1. The number of nitrogens with one attached hydrogen (secondary N) is 1. The molecule has 2 aromatic heterocycles. The highest BCUT2D eigenvalue weighted by Gasteiger charge is 2.34. The van der Waals surface area contributed by atoms with Crippen LogP contribution in [0.1, 0.15) is 40.9 Å². The van der Waals surface area contributed by atoms with Gasteiger partial charge in [0, 0.05) is 29.8 Å². The number of carbonyl (C=O) groups is 1. The predicted molar refractivity (Wildman–Crippen MR) is 97.3 cm³/mol. The van der Waals surface area contributed by atoms with Crippen molar-refractivity contribution in [3.05, 3.63) is 60.1 Å². The second kappa shape index (κ2) is 6.66. The van der Waals surface area contributed by atoms with Gasteiger partial charge in [-0.15, -0.1) is 0 Å². The summed E-state index contributed by atoms with van der Waals surface area (Å²) < 4.78 is 12.5. The van der Waals surface area contributed by atoms with Crippen LogP contribution in [0, 0.1) is 0 Å². The molecule has 7 nitrogen and oxygen atoms in total. The Balaban J connectivity index is 1.16. The van der Waals surface area contributed by atoms with E-state index in [2.05, 4.69) is 21.8 Å². The topological polar surface area (TPSA) is 82.2 Å². The van der Waals surface area contributed by atoms with Crippen LogP contribution in [0.3, 0.4) is 0 Å². The van der Waals surface area contributed by atoms with Crippen molar-refractivity contribution < 1.29 is 14.1 Å². The molecule has 138 valence electrons. The summed E-state index contributed by atoms with van der Waals surface area (Å²) in [4.78, 5) is 12.4. The average Bonchev–Trinajstić information content (AvgIpc) is 3.27. The van der Waals surface area contributed by atoms with Crippen molar-refractivity contribution >= 4 is 5.91 Å². The second-order valence-electron chi connectivity index (χ2n) is 7.23. The molecule has 1 amide bonds. The summed E-state index contributed by atoms with van der Waals surface area (Å²) in [6.45, 7) is 1.58. The van der Waals surface area contributed by atoms with E-state index < -0.39 is 0 Å². The fourth-order valence-corrected chi connectivity index (χ4v) is 3.50. The van der Waals surface area contributed by atoms with E-state index in [1.54, 1.807) is 6.07 Å². The quantitative estimate of drug-likeness (QED) is 0.753. The van der Waals surface area contributed by atoms with E-state index in [1.807, 2.05) is 41.2 Å². The minimum Gasteiger partial charge on any atom is -0.380 e. The summed E-state index contributed by atoms with van der Waals surface area (Å²) in [5, 5.41) is 11.5. The Labute approximate surface area is 156 Å². The van der Waals surface area contributed by atoms with E-state index in [4.69, 9.17) is 9.26 Å². The number of hydrogen-bond donors (Lipinski definition) is 1. The zero-order valence-electron chi connectivity index (χ0n) is 14.7. The number of hydrogen-bond acceptors (Lipinski definition) is 5. The summed E-state index contributed by atoms with van der Waals surface area (Å²) in [5.41, 5.74) is 2.83. The summed E-state index contributed by atoms with van der Waals surface area (Å²) in [5.74, 6) is 0.504. The van der Waals surface area contributed by atoms with Crippen LogP contribution in [0.4, 0.5) is 0 Å². The van der Waals surface area contributed by atoms with Gasteiger partial charge in [0.1, 0.15) is 5.69 Å². The van der Waals surface area contributed by atoms with Crippen molar-refractivity contribution in [1.82, 2.24) is 20.3 Å². The Morgan fingerprint density at radius 1 is 1.19 bits per heavy atom. The molecule has 5 rings (SSSR count). The largest absolute Gasteiger partial charge is 0.380 e. The van der Waals surface area contributed by atoms with Crippen molar-refractivity contribution in [2.24, 2.45) is 0 Å². The third-order valence-electron chi connectivity index (χ3n) is 5.36. The number of benzene rings is 1. The minimum absolute atomic E-state index is 0.132. The standard InChI is InChI=1S/C20H20N4O3/c25-20(19-8-18(23-27-19)13-4-2-1-3-5-13)22-16-6-17(7-16)24-10-14(9-21-24)15-11-26-12-15/h1-5,8-10,15-17H,6-7,11-12H2,(H,22,25)/t16-,17-. The molecule has 0 atom stereocenters. The molecule has 1 saturated carbocycles. The number of rotatable bonds is 5. The van der Waals surface area contributed by atoms with Crippen LogP contribution in [0.25, 0.3) is 11.3 Å². The molecule has 3 heterocycles. The van der Waals surface area contributed by atoms with Crippen LogP contribution in [0.5, 0.6) is 0 Å². The molecule has 0 unspecified atom stereocenters. The number of nitrogens with zero attached hydrogens (tertiary/aromatic N) is 3. The van der Waals surface area contributed by atoms with Gasteiger partial charge in [0.25, 0.3) is 5.91 Å². The molecule has 1 saturated heterocycles. The lowest BCUT2D eigenvalue weighted by Crippen LogP contribution is -2.45. The Kier molecular flexibility index (Phi) is 4.01. The van der Waals surface area contributed by atoms with Crippen molar-refractivity contribution in [2.75, 3.05) is 13.2 Å². The molecule has 27 heavy (non-hydrogen) atoms. The third kappa shape index (κ3) is 3.14. The fourth-order valence-electron chi connectivity index (χ4n) is 3.50. The van der Waals surface area contributed by atoms with Gasteiger partial charge in [-0.05, 0) is 18.4 Å². The lowest BCUT2D eigenvalue weighted by molar-refractivity contribution is 0.00833. The highest BCUT2D eigenvalue weighted by Crippen LogP contribution is 2.33. The molecule has 3 aromatic rings. The van der Waals surface area contributed by atoms with Gasteiger partial charge >= 0.3 is 0 Å². The molecule has 1 aliphatic heterocycles. The monoisotopic (exact) mass is 364 g/mol. The van der Waals surface area contributed by atoms with Gasteiger partial charge in [0.15, 0.2) is 0 Å². The van der Waals surface area contributed by atoms with E-state index in [-0.39, 0.29) is 17.7 Å². The van der Waals surface area contributed by atoms with E-state index in [1.165, 1.54) is 5.56 Å². The van der Waals surface area contributed by atoms with Crippen molar-refractivity contribution in [2.45, 2.75) is 30.8 Å². The normalized spacial score (nSPS) is 22.1. The van der Waals surface area contributed by atoms with Crippen LogP contribution >= 0.6 is 0 Å². The van der Waals surface area contributed by atoms with E-state index >= 15 is 0 Å². The predicted octanol–water partition coefficient (Wildman–Crippen LogP) is 2.79. The summed E-state index contributed by atoms with van der Waals surface area (Å²) in [6.07, 6.45) is 5.78. The second-order valence-corrected chi connectivity index (χ2v) is 7.23. The Hall–Kier alpha value is -2.93. The van der Waals surface area contributed by atoms with Crippen LogP contribution in [0.15, 0.2) is 53.3 Å². The molecule has 0 spiro atoms. The molecule has 1 aromatic carbocycles.